The minimum Gasteiger partial charge on any atom is -0.0843 e. The first-order valence-corrected chi connectivity index (χ1v) is 6.08. The van der Waals surface area contributed by atoms with Gasteiger partial charge in [0, 0.05) is 5.02 Å². The van der Waals surface area contributed by atoms with Gasteiger partial charge in [-0.25, -0.2) is 0 Å². The average molecular weight is 243 g/mol. The van der Waals surface area contributed by atoms with Crippen LogP contribution in [0.25, 0.3) is 16.7 Å². The van der Waals surface area contributed by atoms with E-state index >= 15 is 0 Å². The summed E-state index contributed by atoms with van der Waals surface area (Å²) >= 11 is 6.08. The fraction of sp³-hybridized carbons (Fsp3) is 0.125. The highest BCUT2D eigenvalue weighted by Crippen LogP contribution is 2.30. The zero-order valence-electron chi connectivity index (χ0n) is 10.1. The molecule has 17 heavy (non-hydrogen) atoms. The van der Waals surface area contributed by atoms with Gasteiger partial charge >= 0.3 is 0 Å². The van der Waals surface area contributed by atoms with E-state index in [9.17, 15) is 0 Å². The van der Waals surface area contributed by atoms with Crippen LogP contribution in [0.2, 0.25) is 5.02 Å². The van der Waals surface area contributed by atoms with Gasteiger partial charge in [0.2, 0.25) is 0 Å². The SMILES string of the molecule is C/C=C(\C)c1cc(Cl)ccc1-c1ccccc1. The molecule has 0 heterocycles. The first kappa shape index (κ1) is 11.9. The molecule has 0 bridgehead atoms. The molecule has 0 saturated carbocycles. The maximum absolute atomic E-state index is 6.08. The monoisotopic (exact) mass is 242 g/mol. The summed E-state index contributed by atoms with van der Waals surface area (Å²) in [4.78, 5) is 0. The van der Waals surface area contributed by atoms with Gasteiger partial charge in [-0.2, -0.15) is 0 Å². The van der Waals surface area contributed by atoms with Crippen LogP contribution in [-0.2, 0) is 0 Å². The predicted octanol–water partition coefficient (Wildman–Crippen LogP) is 5.43. The molecule has 0 unspecified atom stereocenters. The summed E-state index contributed by atoms with van der Waals surface area (Å²) in [6.07, 6.45) is 2.11. The molecule has 2 aromatic carbocycles. The fourth-order valence-corrected chi connectivity index (χ4v) is 2.04. The van der Waals surface area contributed by atoms with E-state index in [-0.39, 0.29) is 0 Å². The Labute approximate surface area is 108 Å². The summed E-state index contributed by atoms with van der Waals surface area (Å²) in [5, 5.41) is 0.779. The van der Waals surface area contributed by atoms with Gasteiger partial charge in [-0.15, -0.1) is 0 Å². The van der Waals surface area contributed by atoms with Crippen LogP contribution in [0.4, 0.5) is 0 Å². The number of benzene rings is 2. The van der Waals surface area contributed by atoms with Crippen molar-refractivity contribution < 1.29 is 0 Å². The van der Waals surface area contributed by atoms with E-state index in [1.165, 1.54) is 22.3 Å². The first-order chi connectivity index (χ1) is 8.22. The number of rotatable bonds is 2. The van der Waals surface area contributed by atoms with E-state index in [0.29, 0.717) is 0 Å². The van der Waals surface area contributed by atoms with Crippen molar-refractivity contribution in [2.24, 2.45) is 0 Å². The van der Waals surface area contributed by atoms with Crippen molar-refractivity contribution >= 4 is 17.2 Å². The van der Waals surface area contributed by atoms with Crippen LogP contribution >= 0.6 is 11.6 Å². The van der Waals surface area contributed by atoms with E-state index in [0.717, 1.165) is 5.02 Å². The second-order valence-electron chi connectivity index (χ2n) is 4.03. The fourth-order valence-electron chi connectivity index (χ4n) is 1.87. The van der Waals surface area contributed by atoms with Crippen LogP contribution in [0.1, 0.15) is 19.4 Å². The lowest BCUT2D eigenvalue weighted by molar-refractivity contribution is 1.52. The van der Waals surface area contributed by atoms with E-state index < -0.39 is 0 Å². The van der Waals surface area contributed by atoms with Crippen molar-refractivity contribution in [3.8, 4) is 11.1 Å². The van der Waals surface area contributed by atoms with Crippen LogP contribution in [-0.4, -0.2) is 0 Å². The number of hydrogen-bond acceptors (Lipinski definition) is 0. The molecule has 0 amide bonds. The Bertz CT molecular complexity index is 539. The molecule has 0 spiro atoms. The molecule has 0 radical (unpaired) electrons. The van der Waals surface area contributed by atoms with Crippen molar-refractivity contribution in [1.82, 2.24) is 0 Å². The summed E-state index contributed by atoms with van der Waals surface area (Å²) in [6.45, 7) is 4.16. The summed E-state index contributed by atoms with van der Waals surface area (Å²) in [7, 11) is 0. The second kappa shape index (κ2) is 5.20. The van der Waals surface area contributed by atoms with Crippen molar-refractivity contribution in [3.05, 3.63) is 65.2 Å². The third-order valence-electron chi connectivity index (χ3n) is 2.92. The van der Waals surface area contributed by atoms with Gasteiger partial charge in [0.05, 0.1) is 0 Å². The van der Waals surface area contributed by atoms with Crippen LogP contribution in [0.5, 0.6) is 0 Å². The van der Waals surface area contributed by atoms with Gasteiger partial charge in [0.1, 0.15) is 0 Å². The van der Waals surface area contributed by atoms with E-state index in [4.69, 9.17) is 11.6 Å². The lowest BCUT2D eigenvalue weighted by atomic mass is 9.95. The third-order valence-corrected chi connectivity index (χ3v) is 3.16. The Hall–Kier alpha value is -1.53. The van der Waals surface area contributed by atoms with Gasteiger partial charge in [0.15, 0.2) is 0 Å². The largest absolute Gasteiger partial charge is 0.0843 e. The topological polar surface area (TPSA) is 0 Å². The smallest absolute Gasteiger partial charge is 0.0412 e. The van der Waals surface area contributed by atoms with Crippen molar-refractivity contribution in [3.63, 3.8) is 0 Å². The maximum Gasteiger partial charge on any atom is 0.0412 e. The maximum atomic E-state index is 6.08. The molecule has 0 fully saturated rings. The highest BCUT2D eigenvalue weighted by atomic mass is 35.5. The van der Waals surface area contributed by atoms with Crippen LogP contribution in [0, 0.1) is 0 Å². The molecule has 0 nitrogen and oxygen atoms in total. The molecule has 0 aliphatic rings. The summed E-state index contributed by atoms with van der Waals surface area (Å²) in [5.74, 6) is 0. The van der Waals surface area contributed by atoms with E-state index in [1.807, 2.05) is 25.1 Å². The third kappa shape index (κ3) is 2.59. The molecule has 2 aromatic rings. The molecule has 0 saturated heterocycles. The normalized spacial score (nSPS) is 11.6. The Balaban J connectivity index is 2.62. The highest BCUT2D eigenvalue weighted by molar-refractivity contribution is 6.30. The molecule has 0 atom stereocenters. The first-order valence-electron chi connectivity index (χ1n) is 5.70. The molecule has 1 heteroatoms. The number of allylic oxidation sites excluding steroid dienone is 2. The van der Waals surface area contributed by atoms with Gasteiger partial charge in [-0.05, 0) is 48.2 Å². The Morgan fingerprint density at radius 1 is 1.06 bits per heavy atom. The van der Waals surface area contributed by atoms with Crippen LogP contribution < -0.4 is 0 Å². The van der Waals surface area contributed by atoms with Crippen molar-refractivity contribution in [1.29, 1.82) is 0 Å². The molecule has 0 aromatic heterocycles. The summed E-state index contributed by atoms with van der Waals surface area (Å²) in [6, 6.07) is 16.4. The minimum atomic E-state index is 0.779. The predicted molar refractivity (Wildman–Crippen MR) is 76.2 cm³/mol. The minimum absolute atomic E-state index is 0.779. The molecule has 0 aliphatic carbocycles. The van der Waals surface area contributed by atoms with Gasteiger partial charge in [-0.1, -0.05) is 54.1 Å². The van der Waals surface area contributed by atoms with Gasteiger partial charge in [0.25, 0.3) is 0 Å². The summed E-state index contributed by atoms with van der Waals surface area (Å²) < 4.78 is 0. The van der Waals surface area contributed by atoms with E-state index in [1.54, 1.807) is 0 Å². The molecular formula is C16H15Cl. The van der Waals surface area contributed by atoms with Crippen LogP contribution in [0.15, 0.2) is 54.6 Å². The molecule has 0 N–H and O–H groups in total. The molecular weight excluding hydrogens is 228 g/mol. The Morgan fingerprint density at radius 3 is 2.41 bits per heavy atom. The Kier molecular flexibility index (Phi) is 3.65. The summed E-state index contributed by atoms with van der Waals surface area (Å²) in [5.41, 5.74) is 4.89. The average Bonchev–Trinajstić information content (AvgIpc) is 2.38. The number of halogens is 1. The lowest BCUT2D eigenvalue weighted by Crippen LogP contribution is -1.87. The highest BCUT2D eigenvalue weighted by Gasteiger charge is 2.06. The van der Waals surface area contributed by atoms with Crippen LogP contribution in [0.3, 0.4) is 0 Å². The molecule has 2 rings (SSSR count). The van der Waals surface area contributed by atoms with Crippen molar-refractivity contribution in [2.45, 2.75) is 13.8 Å². The van der Waals surface area contributed by atoms with Crippen molar-refractivity contribution in [2.75, 3.05) is 0 Å². The quantitative estimate of drug-likeness (QED) is 0.659. The number of hydrogen-bond donors (Lipinski definition) is 0. The lowest BCUT2D eigenvalue weighted by Gasteiger charge is -2.10. The zero-order chi connectivity index (χ0) is 12.3. The molecule has 86 valence electrons. The standard InChI is InChI=1S/C16H15Cl/c1-3-12(2)16-11-14(17)9-10-15(16)13-7-5-4-6-8-13/h3-11H,1-2H3/b12-3+. The van der Waals surface area contributed by atoms with E-state index in [2.05, 4.69) is 43.3 Å². The van der Waals surface area contributed by atoms with Gasteiger partial charge < -0.3 is 0 Å². The van der Waals surface area contributed by atoms with Gasteiger partial charge in [-0.3, -0.25) is 0 Å². The molecule has 0 aliphatic heterocycles. The Morgan fingerprint density at radius 2 is 1.76 bits per heavy atom. The second-order valence-corrected chi connectivity index (χ2v) is 4.46. The zero-order valence-corrected chi connectivity index (χ0v) is 10.8.